The molecule has 21 heavy (non-hydrogen) atoms. The van der Waals surface area contributed by atoms with Crippen molar-refractivity contribution in [1.29, 1.82) is 0 Å². The van der Waals surface area contributed by atoms with Crippen LogP contribution in [0.15, 0.2) is 54.6 Å². The summed E-state index contributed by atoms with van der Waals surface area (Å²) >= 11 is 0. The zero-order valence-electron chi connectivity index (χ0n) is 12.3. The Kier molecular flexibility index (Phi) is 3.91. The molecule has 3 nitrogen and oxygen atoms in total. The van der Waals surface area contributed by atoms with Gasteiger partial charge in [0.1, 0.15) is 0 Å². The average molecular weight is 280 g/mol. The highest BCUT2D eigenvalue weighted by Gasteiger charge is 2.29. The molecule has 0 radical (unpaired) electrons. The minimum Gasteiger partial charge on any atom is -0.370 e. The number of hydrogen-bond acceptors (Lipinski definition) is 2. The second-order valence-corrected chi connectivity index (χ2v) is 5.65. The van der Waals surface area contributed by atoms with Gasteiger partial charge in [-0.25, -0.2) is 0 Å². The fourth-order valence-electron chi connectivity index (χ4n) is 2.34. The van der Waals surface area contributed by atoms with E-state index in [1.807, 2.05) is 30.3 Å². The first-order valence-electron chi connectivity index (χ1n) is 7.38. The van der Waals surface area contributed by atoms with Crippen molar-refractivity contribution in [3.63, 3.8) is 0 Å². The first-order valence-corrected chi connectivity index (χ1v) is 7.38. The number of nitrogens with one attached hydrogen (secondary N) is 1. The fraction of sp³-hybridized carbons (Fsp3) is 0.278. The third-order valence-corrected chi connectivity index (χ3v) is 3.79. The van der Waals surface area contributed by atoms with Crippen molar-refractivity contribution in [3.8, 4) is 0 Å². The number of anilines is 2. The second-order valence-electron chi connectivity index (χ2n) is 5.65. The van der Waals surface area contributed by atoms with Crippen LogP contribution in [0.4, 0.5) is 11.4 Å². The molecule has 0 spiro atoms. The Balaban J connectivity index is 1.61. The van der Waals surface area contributed by atoms with Crippen LogP contribution < -0.4 is 10.2 Å². The van der Waals surface area contributed by atoms with Crippen molar-refractivity contribution in [3.05, 3.63) is 60.2 Å². The summed E-state index contributed by atoms with van der Waals surface area (Å²) in [6.45, 7) is 0.870. The van der Waals surface area contributed by atoms with Crippen molar-refractivity contribution in [1.82, 2.24) is 0 Å². The van der Waals surface area contributed by atoms with Gasteiger partial charge in [0.25, 0.3) is 0 Å². The van der Waals surface area contributed by atoms with Gasteiger partial charge in [0.15, 0.2) is 0 Å². The monoisotopic (exact) mass is 280 g/mol. The molecule has 3 heteroatoms. The molecule has 3 rings (SSSR count). The number of benzene rings is 2. The molecule has 0 unspecified atom stereocenters. The zero-order valence-corrected chi connectivity index (χ0v) is 12.3. The van der Waals surface area contributed by atoms with Gasteiger partial charge >= 0.3 is 0 Å². The second kappa shape index (κ2) is 6.00. The van der Waals surface area contributed by atoms with Gasteiger partial charge in [0.2, 0.25) is 5.91 Å². The van der Waals surface area contributed by atoms with E-state index in [0.29, 0.717) is 0 Å². The van der Waals surface area contributed by atoms with Crippen LogP contribution in [0, 0.1) is 5.92 Å². The van der Waals surface area contributed by atoms with E-state index in [4.69, 9.17) is 0 Å². The number of carbonyl (C=O) groups is 1. The molecule has 108 valence electrons. The maximum absolute atomic E-state index is 11.7. The lowest BCUT2D eigenvalue weighted by Gasteiger charge is -2.19. The summed E-state index contributed by atoms with van der Waals surface area (Å²) < 4.78 is 0. The summed E-state index contributed by atoms with van der Waals surface area (Å²) in [7, 11) is 2.07. The normalized spacial score (nSPS) is 13.8. The Morgan fingerprint density at radius 1 is 1.10 bits per heavy atom. The zero-order chi connectivity index (χ0) is 14.7. The van der Waals surface area contributed by atoms with E-state index in [2.05, 4.69) is 41.5 Å². The summed E-state index contributed by atoms with van der Waals surface area (Å²) in [4.78, 5) is 13.9. The molecule has 1 aliphatic rings. The van der Waals surface area contributed by atoms with E-state index in [9.17, 15) is 4.79 Å². The lowest BCUT2D eigenvalue weighted by Crippen LogP contribution is -2.16. The number of hydrogen-bond donors (Lipinski definition) is 1. The third kappa shape index (κ3) is 3.63. The Morgan fingerprint density at radius 3 is 2.38 bits per heavy atom. The molecular formula is C18H20N2O. The molecule has 1 N–H and O–H groups in total. The molecule has 1 fully saturated rings. The SMILES string of the molecule is CN(Cc1ccccc1)c1ccc(NC(=O)C2CC2)cc1. The standard InChI is InChI=1S/C18H20N2O/c1-20(13-14-5-3-2-4-6-14)17-11-9-16(10-12-17)19-18(21)15-7-8-15/h2-6,9-12,15H,7-8,13H2,1H3,(H,19,21). The Labute approximate surface area is 125 Å². The first-order chi connectivity index (χ1) is 10.2. The van der Waals surface area contributed by atoms with E-state index in [1.165, 1.54) is 5.56 Å². The Bertz CT molecular complexity index is 603. The number of nitrogens with zero attached hydrogens (tertiary/aromatic N) is 1. The molecule has 2 aromatic rings. The van der Waals surface area contributed by atoms with Crippen molar-refractivity contribution in [2.75, 3.05) is 17.3 Å². The van der Waals surface area contributed by atoms with Crippen LogP contribution in [0.1, 0.15) is 18.4 Å². The topological polar surface area (TPSA) is 32.3 Å². The van der Waals surface area contributed by atoms with E-state index in [1.54, 1.807) is 0 Å². The predicted octanol–water partition coefficient (Wildman–Crippen LogP) is 3.67. The van der Waals surface area contributed by atoms with Gasteiger partial charge in [-0.3, -0.25) is 4.79 Å². The molecule has 0 aromatic heterocycles. The van der Waals surface area contributed by atoms with E-state index in [0.717, 1.165) is 30.8 Å². The van der Waals surface area contributed by atoms with Crippen LogP contribution in [0.25, 0.3) is 0 Å². The highest BCUT2D eigenvalue weighted by Crippen LogP contribution is 2.30. The van der Waals surface area contributed by atoms with Crippen LogP contribution in [0.5, 0.6) is 0 Å². The van der Waals surface area contributed by atoms with Crippen LogP contribution in [0.2, 0.25) is 0 Å². The highest BCUT2D eigenvalue weighted by atomic mass is 16.2. The average Bonchev–Trinajstić information content (AvgIpc) is 3.33. The molecule has 0 saturated heterocycles. The molecule has 0 aliphatic heterocycles. The molecule has 1 saturated carbocycles. The van der Waals surface area contributed by atoms with Crippen LogP contribution in [0.3, 0.4) is 0 Å². The molecule has 0 heterocycles. The van der Waals surface area contributed by atoms with Crippen LogP contribution in [-0.4, -0.2) is 13.0 Å². The summed E-state index contributed by atoms with van der Waals surface area (Å²) in [5, 5.41) is 2.96. The highest BCUT2D eigenvalue weighted by molar-refractivity contribution is 5.94. The Morgan fingerprint density at radius 2 is 1.76 bits per heavy atom. The van der Waals surface area contributed by atoms with Crippen LogP contribution >= 0.6 is 0 Å². The summed E-state index contributed by atoms with van der Waals surface area (Å²) in [6.07, 6.45) is 2.06. The molecule has 2 aromatic carbocycles. The van der Waals surface area contributed by atoms with E-state index >= 15 is 0 Å². The lowest BCUT2D eigenvalue weighted by molar-refractivity contribution is -0.117. The maximum Gasteiger partial charge on any atom is 0.227 e. The maximum atomic E-state index is 11.7. The molecule has 0 atom stereocenters. The van der Waals surface area contributed by atoms with E-state index < -0.39 is 0 Å². The third-order valence-electron chi connectivity index (χ3n) is 3.79. The van der Waals surface area contributed by atoms with Gasteiger partial charge < -0.3 is 10.2 Å². The van der Waals surface area contributed by atoms with Gasteiger partial charge in [-0.05, 0) is 42.7 Å². The summed E-state index contributed by atoms with van der Waals surface area (Å²) in [5.74, 6) is 0.394. The summed E-state index contributed by atoms with van der Waals surface area (Å²) in [5.41, 5.74) is 3.30. The summed E-state index contributed by atoms with van der Waals surface area (Å²) in [6, 6.07) is 18.4. The quantitative estimate of drug-likeness (QED) is 0.906. The fourth-order valence-corrected chi connectivity index (χ4v) is 2.34. The predicted molar refractivity (Wildman–Crippen MR) is 86.3 cm³/mol. The minimum atomic E-state index is 0.153. The van der Waals surface area contributed by atoms with Gasteiger partial charge in [0.05, 0.1) is 0 Å². The molecule has 1 aliphatic carbocycles. The first kappa shape index (κ1) is 13.7. The van der Waals surface area contributed by atoms with Crippen molar-refractivity contribution in [2.45, 2.75) is 19.4 Å². The largest absolute Gasteiger partial charge is 0.370 e. The van der Waals surface area contributed by atoms with E-state index in [-0.39, 0.29) is 11.8 Å². The van der Waals surface area contributed by atoms with Crippen molar-refractivity contribution < 1.29 is 4.79 Å². The lowest BCUT2D eigenvalue weighted by atomic mass is 10.2. The number of rotatable bonds is 5. The number of amides is 1. The van der Waals surface area contributed by atoms with Crippen molar-refractivity contribution >= 4 is 17.3 Å². The van der Waals surface area contributed by atoms with Gasteiger partial charge in [-0.1, -0.05) is 30.3 Å². The Hall–Kier alpha value is -2.29. The molecule has 1 amide bonds. The number of carbonyl (C=O) groups excluding carboxylic acids is 1. The molecular weight excluding hydrogens is 260 g/mol. The van der Waals surface area contributed by atoms with Gasteiger partial charge in [0, 0.05) is 30.9 Å². The smallest absolute Gasteiger partial charge is 0.227 e. The van der Waals surface area contributed by atoms with Gasteiger partial charge in [-0.15, -0.1) is 0 Å². The van der Waals surface area contributed by atoms with Crippen LogP contribution in [-0.2, 0) is 11.3 Å². The minimum absolute atomic E-state index is 0.153. The van der Waals surface area contributed by atoms with Gasteiger partial charge in [-0.2, -0.15) is 0 Å². The van der Waals surface area contributed by atoms with Crippen molar-refractivity contribution in [2.24, 2.45) is 5.92 Å². The molecule has 0 bridgehead atoms.